The van der Waals surface area contributed by atoms with Gasteiger partial charge in [0.05, 0.1) is 17.9 Å². The lowest BCUT2D eigenvalue weighted by molar-refractivity contribution is -0.146. The number of aliphatic hydroxyl groups excluding tert-OH is 1. The van der Waals surface area contributed by atoms with Crippen LogP contribution in [0.15, 0.2) is 35.3 Å². The molecule has 39 heavy (non-hydrogen) atoms. The third-order valence-electron chi connectivity index (χ3n) is 7.22. The summed E-state index contributed by atoms with van der Waals surface area (Å²) in [4.78, 5) is 32.5. The van der Waals surface area contributed by atoms with Gasteiger partial charge in [-0.1, -0.05) is 0 Å². The molecule has 1 spiro atoms. The van der Waals surface area contributed by atoms with Gasteiger partial charge in [-0.05, 0) is 38.8 Å². The third-order valence-corrected chi connectivity index (χ3v) is 7.22. The fraction of sp³-hybridized carbons (Fsp3) is 0.423. The Hall–Kier alpha value is -3.61. The van der Waals surface area contributed by atoms with Gasteiger partial charge in [-0.15, -0.1) is 0 Å². The van der Waals surface area contributed by atoms with Gasteiger partial charge in [-0.3, -0.25) is 14.2 Å². The summed E-state index contributed by atoms with van der Waals surface area (Å²) in [7, 11) is 0. The molecule has 1 aliphatic heterocycles. The normalized spacial score (nSPS) is 18.7. The number of pyridine rings is 2. The molecule has 13 heteroatoms. The quantitative estimate of drug-likeness (QED) is 0.462. The second kappa shape index (κ2) is 8.97. The van der Waals surface area contributed by atoms with E-state index in [-0.39, 0.29) is 23.0 Å². The monoisotopic (exact) mass is 554 g/mol. The number of hydrogen-bond donors (Lipinski definition) is 2. The first-order valence-corrected chi connectivity index (χ1v) is 12.1. The van der Waals surface area contributed by atoms with Crippen LogP contribution in [0.2, 0.25) is 0 Å². The van der Waals surface area contributed by atoms with Crippen molar-refractivity contribution >= 4 is 22.8 Å². The summed E-state index contributed by atoms with van der Waals surface area (Å²) in [5, 5.41) is 12.3. The standard InChI is InChI=1S/C26H24F6N4O3/c1-24(2,11-26(30,31)32)34-23(39)15-9-36(20-16(28)7-13(27)8-17(20)29)22-14(21(15)38)3-4-19(33-22)35-10-18(37)25(12-35)5-6-25/h3-4,7-9,18,37H,5-6,10-12H2,1-2H3,(H,34,39). The first-order valence-electron chi connectivity index (χ1n) is 12.1. The van der Waals surface area contributed by atoms with E-state index in [1.165, 1.54) is 12.1 Å². The molecule has 1 saturated heterocycles. The van der Waals surface area contributed by atoms with E-state index in [0.29, 0.717) is 24.5 Å². The Bertz CT molecular complexity index is 1520. The molecule has 2 fully saturated rings. The zero-order valence-electron chi connectivity index (χ0n) is 20.9. The molecule has 0 bridgehead atoms. The van der Waals surface area contributed by atoms with Crippen LogP contribution in [0.1, 0.15) is 43.5 Å². The molecule has 2 aromatic heterocycles. The third kappa shape index (κ3) is 5.07. The molecule has 1 atom stereocenters. The molecule has 3 heterocycles. The Kier molecular flexibility index (Phi) is 6.20. The van der Waals surface area contributed by atoms with Crippen molar-refractivity contribution in [3.63, 3.8) is 0 Å². The highest BCUT2D eigenvalue weighted by molar-refractivity contribution is 5.97. The molecule has 1 saturated carbocycles. The summed E-state index contributed by atoms with van der Waals surface area (Å²) in [6.45, 7) is 2.95. The van der Waals surface area contributed by atoms with Crippen LogP contribution in [0.3, 0.4) is 0 Å². The number of hydrogen-bond acceptors (Lipinski definition) is 5. The van der Waals surface area contributed by atoms with E-state index in [1.54, 1.807) is 4.90 Å². The number of aliphatic hydroxyl groups is 1. The molecular weight excluding hydrogens is 530 g/mol. The number of alkyl halides is 3. The second-order valence-electron chi connectivity index (χ2n) is 10.9. The summed E-state index contributed by atoms with van der Waals surface area (Å²) >= 11 is 0. The fourth-order valence-electron chi connectivity index (χ4n) is 5.17. The van der Waals surface area contributed by atoms with Crippen LogP contribution in [0.4, 0.5) is 32.2 Å². The molecule has 2 aliphatic rings. The highest BCUT2D eigenvalue weighted by Gasteiger charge is 2.54. The van der Waals surface area contributed by atoms with Crippen LogP contribution < -0.4 is 15.6 Å². The van der Waals surface area contributed by atoms with Crippen molar-refractivity contribution < 1.29 is 36.2 Å². The van der Waals surface area contributed by atoms with Crippen molar-refractivity contribution in [2.75, 3.05) is 18.0 Å². The molecule has 1 aromatic carbocycles. The Morgan fingerprint density at radius 1 is 1.15 bits per heavy atom. The number of fused-ring (bicyclic) bond motifs is 1. The van der Waals surface area contributed by atoms with E-state index in [1.807, 2.05) is 0 Å². The van der Waals surface area contributed by atoms with Crippen molar-refractivity contribution in [3.8, 4) is 5.69 Å². The Morgan fingerprint density at radius 3 is 2.36 bits per heavy atom. The minimum atomic E-state index is -4.62. The summed E-state index contributed by atoms with van der Waals surface area (Å²) in [6, 6.07) is 3.56. The predicted molar refractivity (Wildman–Crippen MR) is 129 cm³/mol. The zero-order valence-corrected chi connectivity index (χ0v) is 20.9. The molecule has 0 radical (unpaired) electrons. The highest BCUT2D eigenvalue weighted by Crippen LogP contribution is 2.53. The van der Waals surface area contributed by atoms with E-state index in [0.717, 1.165) is 37.5 Å². The maximum atomic E-state index is 14.9. The van der Waals surface area contributed by atoms with Gasteiger partial charge in [0.25, 0.3) is 5.91 Å². The number of rotatable bonds is 5. The van der Waals surface area contributed by atoms with Crippen molar-refractivity contribution in [1.29, 1.82) is 0 Å². The number of amides is 1. The summed E-state index contributed by atoms with van der Waals surface area (Å²) in [5.74, 6) is -4.83. The lowest BCUT2D eigenvalue weighted by Gasteiger charge is -2.27. The minimum absolute atomic E-state index is 0.246. The summed E-state index contributed by atoms with van der Waals surface area (Å²) in [5.41, 5.74) is -4.79. The number of nitrogens with zero attached hydrogens (tertiary/aromatic N) is 3. The molecule has 1 unspecified atom stereocenters. The van der Waals surface area contributed by atoms with E-state index in [4.69, 9.17) is 0 Å². The minimum Gasteiger partial charge on any atom is -0.391 e. The average molecular weight is 554 g/mol. The molecule has 1 amide bonds. The molecule has 1 aliphatic carbocycles. The van der Waals surface area contributed by atoms with Crippen LogP contribution >= 0.6 is 0 Å². The number of carbonyl (C=O) groups is 1. The summed E-state index contributed by atoms with van der Waals surface area (Å²) < 4.78 is 83.2. The van der Waals surface area contributed by atoms with E-state index < -0.39 is 64.3 Å². The second-order valence-corrected chi connectivity index (χ2v) is 10.9. The van der Waals surface area contributed by atoms with Crippen molar-refractivity contribution in [2.45, 2.75) is 50.9 Å². The van der Waals surface area contributed by atoms with Gasteiger partial charge in [0.1, 0.15) is 22.9 Å². The Balaban J connectivity index is 1.66. The maximum Gasteiger partial charge on any atom is 0.391 e. The van der Waals surface area contributed by atoms with Crippen molar-refractivity contribution in [2.24, 2.45) is 5.41 Å². The topological polar surface area (TPSA) is 87.5 Å². The average Bonchev–Trinajstić information content (AvgIpc) is 3.50. The van der Waals surface area contributed by atoms with Crippen LogP contribution in [-0.4, -0.2) is 51.5 Å². The van der Waals surface area contributed by atoms with Crippen molar-refractivity contribution in [3.05, 3.63) is 63.7 Å². The van der Waals surface area contributed by atoms with Crippen LogP contribution in [0.25, 0.3) is 16.7 Å². The van der Waals surface area contributed by atoms with Gasteiger partial charge in [0.15, 0.2) is 17.3 Å². The van der Waals surface area contributed by atoms with E-state index in [2.05, 4.69) is 10.3 Å². The lowest BCUT2D eigenvalue weighted by atomic mass is 9.99. The van der Waals surface area contributed by atoms with Gasteiger partial charge in [-0.2, -0.15) is 13.2 Å². The van der Waals surface area contributed by atoms with Gasteiger partial charge in [-0.25, -0.2) is 18.2 Å². The van der Waals surface area contributed by atoms with E-state index >= 15 is 0 Å². The molecular formula is C26H24F6N4O3. The van der Waals surface area contributed by atoms with E-state index in [9.17, 15) is 41.0 Å². The largest absolute Gasteiger partial charge is 0.391 e. The van der Waals surface area contributed by atoms with Gasteiger partial charge in [0.2, 0.25) is 5.43 Å². The number of aromatic nitrogens is 2. The predicted octanol–water partition coefficient (Wildman–Crippen LogP) is 4.22. The smallest absolute Gasteiger partial charge is 0.391 e. The summed E-state index contributed by atoms with van der Waals surface area (Å²) in [6.07, 6.45) is -4.18. The Morgan fingerprint density at radius 2 is 1.79 bits per heavy atom. The van der Waals surface area contributed by atoms with Crippen LogP contribution in [0, 0.1) is 22.9 Å². The number of benzene rings is 1. The Labute approximate surface area is 218 Å². The number of halogens is 6. The fourth-order valence-corrected chi connectivity index (χ4v) is 5.17. The maximum absolute atomic E-state index is 14.9. The number of nitrogens with one attached hydrogen (secondary N) is 1. The number of carbonyl (C=O) groups excluding carboxylic acids is 1. The number of anilines is 1. The van der Waals surface area contributed by atoms with Crippen LogP contribution in [0.5, 0.6) is 0 Å². The van der Waals surface area contributed by atoms with Gasteiger partial charge >= 0.3 is 6.18 Å². The van der Waals surface area contributed by atoms with Crippen LogP contribution in [-0.2, 0) is 0 Å². The molecule has 7 nitrogen and oxygen atoms in total. The van der Waals surface area contributed by atoms with Gasteiger partial charge in [0, 0.05) is 42.4 Å². The molecule has 5 rings (SSSR count). The highest BCUT2D eigenvalue weighted by atomic mass is 19.4. The molecule has 2 N–H and O–H groups in total. The van der Waals surface area contributed by atoms with Gasteiger partial charge < -0.3 is 15.3 Å². The first kappa shape index (κ1) is 27.0. The first-order chi connectivity index (χ1) is 18.1. The number of β-amino-alcohol motifs (C(OH)–C–C–N with tert-alkyl or cyclic N) is 1. The van der Waals surface area contributed by atoms with Crippen molar-refractivity contribution in [1.82, 2.24) is 14.9 Å². The molecule has 208 valence electrons. The SMILES string of the molecule is CC(C)(CC(F)(F)F)NC(=O)c1cn(-c2c(F)cc(F)cc2F)c2nc(N3CC(O)C4(CC4)C3)ccc2c1=O. The molecule has 3 aromatic rings. The lowest BCUT2D eigenvalue weighted by Crippen LogP contribution is -2.47. The zero-order chi connectivity index (χ0) is 28.5.